The molecule has 90 valence electrons. The average Bonchev–Trinajstić information content (AvgIpc) is 2.74. The van der Waals surface area contributed by atoms with Crippen molar-refractivity contribution < 1.29 is 9.90 Å². The first-order valence-corrected chi connectivity index (χ1v) is 5.98. The van der Waals surface area contributed by atoms with Crippen LogP contribution in [0.25, 0.3) is 0 Å². The molecule has 1 rings (SSSR count). The van der Waals surface area contributed by atoms with E-state index in [1.54, 1.807) is 6.33 Å². The molecule has 0 aromatic carbocycles. The van der Waals surface area contributed by atoms with E-state index >= 15 is 0 Å². The smallest absolute Gasteiger partial charge is 0.303 e. The molecule has 16 heavy (non-hydrogen) atoms. The van der Waals surface area contributed by atoms with E-state index in [2.05, 4.69) is 9.97 Å². The fourth-order valence-corrected chi connectivity index (χ4v) is 1.72. The van der Waals surface area contributed by atoms with Crippen molar-refractivity contribution in [2.24, 2.45) is 0 Å². The number of rotatable bonds is 9. The van der Waals surface area contributed by atoms with Crippen molar-refractivity contribution in [3.8, 4) is 0 Å². The second-order valence-corrected chi connectivity index (χ2v) is 4.09. The van der Waals surface area contributed by atoms with E-state index in [4.69, 9.17) is 5.11 Å². The summed E-state index contributed by atoms with van der Waals surface area (Å²) < 4.78 is 0. The fraction of sp³-hybridized carbons (Fsp3) is 0.667. The number of nitrogens with one attached hydrogen (secondary N) is 1. The minimum absolute atomic E-state index is 0.314. The summed E-state index contributed by atoms with van der Waals surface area (Å²) in [6, 6.07) is 0. The summed E-state index contributed by atoms with van der Waals surface area (Å²) in [6.45, 7) is 0. The molecule has 1 aromatic rings. The SMILES string of the molecule is O=C(O)CCCCCCCCc1cnc[nH]1. The summed E-state index contributed by atoms with van der Waals surface area (Å²) in [5, 5.41) is 8.45. The van der Waals surface area contributed by atoms with Crippen LogP contribution in [0.15, 0.2) is 12.5 Å². The van der Waals surface area contributed by atoms with Gasteiger partial charge in [0.1, 0.15) is 0 Å². The van der Waals surface area contributed by atoms with Gasteiger partial charge in [-0.15, -0.1) is 0 Å². The van der Waals surface area contributed by atoms with Gasteiger partial charge < -0.3 is 10.1 Å². The lowest BCUT2D eigenvalue weighted by Crippen LogP contribution is -1.93. The second kappa shape index (κ2) is 7.91. The number of aromatic nitrogens is 2. The third kappa shape index (κ3) is 6.22. The third-order valence-corrected chi connectivity index (χ3v) is 2.64. The molecule has 0 aliphatic carbocycles. The quantitative estimate of drug-likeness (QED) is 0.634. The van der Waals surface area contributed by atoms with Crippen LogP contribution >= 0.6 is 0 Å². The maximum absolute atomic E-state index is 10.3. The summed E-state index contributed by atoms with van der Waals surface area (Å²) in [5.41, 5.74) is 1.20. The maximum Gasteiger partial charge on any atom is 0.303 e. The van der Waals surface area contributed by atoms with Gasteiger partial charge in [-0.3, -0.25) is 4.79 Å². The molecule has 0 saturated carbocycles. The van der Waals surface area contributed by atoms with E-state index < -0.39 is 5.97 Å². The lowest BCUT2D eigenvalue weighted by atomic mass is 10.1. The van der Waals surface area contributed by atoms with Crippen LogP contribution in [0.3, 0.4) is 0 Å². The zero-order valence-electron chi connectivity index (χ0n) is 9.61. The summed E-state index contributed by atoms with van der Waals surface area (Å²) >= 11 is 0. The van der Waals surface area contributed by atoms with Gasteiger partial charge in [-0.2, -0.15) is 0 Å². The Kier molecular flexibility index (Phi) is 6.30. The summed E-state index contributed by atoms with van der Waals surface area (Å²) in [5.74, 6) is -0.681. The Hall–Kier alpha value is -1.32. The van der Waals surface area contributed by atoms with Crippen molar-refractivity contribution in [2.75, 3.05) is 0 Å². The predicted octanol–water partition coefficient (Wildman–Crippen LogP) is 2.77. The molecule has 0 radical (unpaired) electrons. The number of carbonyl (C=O) groups is 1. The Labute approximate surface area is 96.1 Å². The number of aromatic amines is 1. The Morgan fingerprint density at radius 3 is 2.50 bits per heavy atom. The second-order valence-electron chi connectivity index (χ2n) is 4.09. The average molecular weight is 224 g/mol. The van der Waals surface area contributed by atoms with Crippen molar-refractivity contribution in [2.45, 2.75) is 51.4 Å². The monoisotopic (exact) mass is 224 g/mol. The van der Waals surface area contributed by atoms with Crippen LogP contribution in [-0.2, 0) is 11.2 Å². The highest BCUT2D eigenvalue weighted by atomic mass is 16.4. The molecule has 0 aliphatic rings. The van der Waals surface area contributed by atoms with Gasteiger partial charge in [0.2, 0.25) is 0 Å². The molecule has 0 atom stereocenters. The number of hydrogen-bond acceptors (Lipinski definition) is 2. The van der Waals surface area contributed by atoms with Crippen molar-refractivity contribution >= 4 is 5.97 Å². The van der Waals surface area contributed by atoms with Crippen LogP contribution in [0, 0.1) is 0 Å². The van der Waals surface area contributed by atoms with E-state index in [1.165, 1.54) is 25.0 Å². The van der Waals surface area contributed by atoms with Gasteiger partial charge in [0.05, 0.1) is 6.33 Å². The highest BCUT2D eigenvalue weighted by Crippen LogP contribution is 2.09. The van der Waals surface area contributed by atoms with Crippen LogP contribution in [0.5, 0.6) is 0 Å². The molecule has 0 amide bonds. The number of carboxylic acids is 1. The van der Waals surface area contributed by atoms with Gasteiger partial charge in [-0.25, -0.2) is 4.98 Å². The van der Waals surface area contributed by atoms with Gasteiger partial charge in [0.15, 0.2) is 0 Å². The van der Waals surface area contributed by atoms with Crippen LogP contribution in [0.1, 0.15) is 50.6 Å². The van der Waals surface area contributed by atoms with Gasteiger partial charge >= 0.3 is 5.97 Å². The maximum atomic E-state index is 10.3. The molecule has 1 heterocycles. The van der Waals surface area contributed by atoms with Gasteiger partial charge in [0.25, 0.3) is 0 Å². The molecule has 0 unspecified atom stereocenters. The Morgan fingerprint density at radius 1 is 1.19 bits per heavy atom. The summed E-state index contributed by atoms with van der Waals surface area (Å²) in [4.78, 5) is 17.3. The van der Waals surface area contributed by atoms with Crippen LogP contribution in [-0.4, -0.2) is 21.0 Å². The number of aryl methyl sites for hydroxylation is 1. The molecule has 0 spiro atoms. The largest absolute Gasteiger partial charge is 0.481 e. The number of nitrogens with zero attached hydrogens (tertiary/aromatic N) is 1. The molecular weight excluding hydrogens is 204 g/mol. The Balaban J connectivity index is 1.83. The lowest BCUT2D eigenvalue weighted by molar-refractivity contribution is -0.137. The van der Waals surface area contributed by atoms with Gasteiger partial charge in [0, 0.05) is 18.3 Å². The predicted molar refractivity (Wildman–Crippen MR) is 62.2 cm³/mol. The number of H-pyrrole nitrogens is 1. The topological polar surface area (TPSA) is 66.0 Å². The molecule has 4 nitrogen and oxygen atoms in total. The minimum Gasteiger partial charge on any atom is -0.481 e. The standard InChI is InChI=1S/C12H20N2O2/c15-12(16)8-6-4-2-1-3-5-7-11-9-13-10-14-11/h9-10H,1-8H2,(H,13,14)(H,15,16). The minimum atomic E-state index is -0.681. The Morgan fingerprint density at radius 2 is 1.88 bits per heavy atom. The first-order valence-electron chi connectivity index (χ1n) is 5.98. The molecule has 0 bridgehead atoms. The zero-order chi connectivity index (χ0) is 11.6. The number of aliphatic carboxylic acids is 1. The van der Waals surface area contributed by atoms with E-state index in [1.807, 2.05) is 6.20 Å². The fourth-order valence-electron chi connectivity index (χ4n) is 1.72. The molecule has 2 N–H and O–H groups in total. The van der Waals surface area contributed by atoms with E-state index in [9.17, 15) is 4.79 Å². The molecule has 0 saturated heterocycles. The van der Waals surface area contributed by atoms with Crippen LogP contribution in [0.4, 0.5) is 0 Å². The first-order chi connectivity index (χ1) is 7.79. The zero-order valence-corrected chi connectivity index (χ0v) is 9.61. The lowest BCUT2D eigenvalue weighted by Gasteiger charge is -2.00. The Bertz CT molecular complexity index is 283. The molecule has 4 heteroatoms. The van der Waals surface area contributed by atoms with Crippen molar-refractivity contribution in [3.05, 3.63) is 18.2 Å². The van der Waals surface area contributed by atoms with Crippen LogP contribution in [0.2, 0.25) is 0 Å². The normalized spacial score (nSPS) is 10.5. The number of unbranched alkanes of at least 4 members (excludes halogenated alkanes) is 5. The molecule has 0 aliphatic heterocycles. The molecule has 0 fully saturated rings. The van der Waals surface area contributed by atoms with Gasteiger partial charge in [-0.05, 0) is 19.3 Å². The summed E-state index contributed by atoms with van der Waals surface area (Å²) in [7, 11) is 0. The number of carboxylic acid groups (broad SMARTS) is 1. The van der Waals surface area contributed by atoms with Crippen molar-refractivity contribution in [1.29, 1.82) is 0 Å². The van der Waals surface area contributed by atoms with Crippen molar-refractivity contribution in [1.82, 2.24) is 9.97 Å². The highest BCUT2D eigenvalue weighted by Gasteiger charge is 1.97. The molecule has 1 aromatic heterocycles. The first kappa shape index (κ1) is 12.7. The number of hydrogen-bond donors (Lipinski definition) is 2. The van der Waals surface area contributed by atoms with Gasteiger partial charge in [-0.1, -0.05) is 25.7 Å². The van der Waals surface area contributed by atoms with E-state index in [0.29, 0.717) is 6.42 Å². The highest BCUT2D eigenvalue weighted by molar-refractivity contribution is 5.66. The van der Waals surface area contributed by atoms with Crippen LogP contribution < -0.4 is 0 Å². The summed E-state index contributed by atoms with van der Waals surface area (Å²) in [6.07, 6.45) is 11.6. The van der Waals surface area contributed by atoms with Crippen molar-refractivity contribution in [3.63, 3.8) is 0 Å². The number of imidazole rings is 1. The molecular formula is C12H20N2O2. The third-order valence-electron chi connectivity index (χ3n) is 2.64. The van der Waals surface area contributed by atoms with E-state index in [-0.39, 0.29) is 0 Å². The van der Waals surface area contributed by atoms with E-state index in [0.717, 1.165) is 25.7 Å².